The molecule has 110 valence electrons. The highest BCUT2D eigenvalue weighted by atomic mass is 35.5. The summed E-state index contributed by atoms with van der Waals surface area (Å²) in [5.41, 5.74) is 6.22. The quantitative estimate of drug-likeness (QED) is 0.796. The second-order valence-electron chi connectivity index (χ2n) is 4.06. The topological polar surface area (TPSA) is 50.9 Å². The first-order chi connectivity index (χ1) is 8.97. The van der Waals surface area contributed by atoms with Crippen LogP contribution in [-0.2, 0) is 6.54 Å². The van der Waals surface area contributed by atoms with Crippen molar-refractivity contribution in [3.05, 3.63) is 44.6 Å². The molecule has 0 amide bonds. The normalized spacial score (nSPS) is 12.0. The Balaban J connectivity index is 0.00000200. The van der Waals surface area contributed by atoms with Crippen molar-refractivity contribution in [2.45, 2.75) is 19.5 Å². The zero-order valence-corrected chi connectivity index (χ0v) is 13.6. The van der Waals surface area contributed by atoms with Crippen molar-refractivity contribution in [3.63, 3.8) is 0 Å². The number of aromatic nitrogens is 1. The van der Waals surface area contributed by atoms with Crippen LogP contribution < -0.4 is 11.1 Å². The van der Waals surface area contributed by atoms with E-state index < -0.39 is 5.82 Å². The summed E-state index contributed by atoms with van der Waals surface area (Å²) in [6, 6.07) is 2.66. The molecule has 0 radical (unpaired) electrons. The number of nitrogens with two attached hydrogens (primary N) is 1. The Hall–Kier alpha value is -0.590. The van der Waals surface area contributed by atoms with Gasteiger partial charge >= 0.3 is 0 Å². The van der Waals surface area contributed by atoms with Crippen LogP contribution >= 0.6 is 46.9 Å². The lowest BCUT2D eigenvalue weighted by Gasteiger charge is -2.15. The summed E-state index contributed by atoms with van der Waals surface area (Å²) in [7, 11) is 0. The van der Waals surface area contributed by atoms with Gasteiger partial charge in [0.15, 0.2) is 5.13 Å². The van der Waals surface area contributed by atoms with Gasteiger partial charge in [0.25, 0.3) is 0 Å². The highest BCUT2D eigenvalue weighted by Crippen LogP contribution is 2.29. The molecule has 0 spiro atoms. The van der Waals surface area contributed by atoms with Gasteiger partial charge in [-0.05, 0) is 24.6 Å². The minimum absolute atomic E-state index is 0. The summed E-state index contributed by atoms with van der Waals surface area (Å²) >= 11 is 13.1. The highest BCUT2D eigenvalue weighted by Gasteiger charge is 2.13. The fourth-order valence-corrected chi connectivity index (χ4v) is 2.82. The molecule has 1 aromatic heterocycles. The van der Waals surface area contributed by atoms with Crippen molar-refractivity contribution in [1.82, 2.24) is 10.3 Å². The number of nitrogens with zero attached hydrogens (tertiary/aromatic N) is 1. The number of rotatable bonds is 4. The third-order valence-corrected chi connectivity index (χ3v) is 4.10. The van der Waals surface area contributed by atoms with E-state index in [0.717, 1.165) is 4.88 Å². The molecule has 1 aromatic carbocycles. The van der Waals surface area contributed by atoms with Crippen molar-refractivity contribution >= 4 is 52.1 Å². The molecule has 8 heteroatoms. The molecule has 0 saturated heterocycles. The first-order valence-electron chi connectivity index (χ1n) is 5.55. The number of benzene rings is 1. The Labute approximate surface area is 136 Å². The van der Waals surface area contributed by atoms with Crippen LogP contribution in [0.3, 0.4) is 0 Å². The number of hydrogen-bond acceptors (Lipinski definition) is 4. The number of nitrogens with one attached hydrogen (secondary N) is 1. The van der Waals surface area contributed by atoms with Crippen molar-refractivity contribution in [3.8, 4) is 0 Å². The summed E-state index contributed by atoms with van der Waals surface area (Å²) in [6.07, 6.45) is 1.71. The van der Waals surface area contributed by atoms with Crippen LogP contribution in [0.4, 0.5) is 9.52 Å². The molecule has 3 N–H and O–H groups in total. The maximum Gasteiger partial charge on any atom is 0.180 e. The Morgan fingerprint density at radius 3 is 2.70 bits per heavy atom. The summed E-state index contributed by atoms with van der Waals surface area (Å²) in [6.45, 7) is 2.50. The van der Waals surface area contributed by atoms with Gasteiger partial charge in [-0.1, -0.05) is 23.2 Å². The van der Waals surface area contributed by atoms with E-state index in [1.165, 1.54) is 23.5 Å². The van der Waals surface area contributed by atoms with Gasteiger partial charge in [-0.3, -0.25) is 0 Å². The molecule has 0 bridgehead atoms. The number of hydrogen-bond donors (Lipinski definition) is 2. The third-order valence-electron chi connectivity index (χ3n) is 2.66. The first-order valence-corrected chi connectivity index (χ1v) is 7.12. The zero-order valence-electron chi connectivity index (χ0n) is 10.5. The molecule has 3 nitrogen and oxygen atoms in total. The largest absolute Gasteiger partial charge is 0.375 e. The van der Waals surface area contributed by atoms with Gasteiger partial charge in [0.05, 0.1) is 5.02 Å². The van der Waals surface area contributed by atoms with Gasteiger partial charge in [0.1, 0.15) is 5.82 Å². The molecular formula is C12H13Cl3FN3S. The van der Waals surface area contributed by atoms with E-state index in [2.05, 4.69) is 10.3 Å². The van der Waals surface area contributed by atoms with E-state index in [1.54, 1.807) is 6.20 Å². The molecule has 2 aromatic rings. The standard InChI is InChI=1S/C12H12Cl2FN3S.ClH/c1-6(17-4-7-5-18-12(16)19-7)8-2-11(15)10(14)3-9(8)13;/h2-3,5-6,17H,4H2,1H3,(H2,16,18);1H. The molecule has 1 unspecified atom stereocenters. The number of halogens is 4. The predicted molar refractivity (Wildman–Crippen MR) is 85.4 cm³/mol. The summed E-state index contributed by atoms with van der Waals surface area (Å²) < 4.78 is 13.4. The number of thiazole rings is 1. The fourth-order valence-electron chi connectivity index (χ4n) is 1.64. The second kappa shape index (κ2) is 7.43. The Morgan fingerprint density at radius 2 is 2.10 bits per heavy atom. The molecule has 0 aliphatic carbocycles. The molecule has 0 saturated carbocycles. The lowest BCUT2D eigenvalue weighted by Crippen LogP contribution is -2.18. The molecule has 2 rings (SSSR count). The van der Waals surface area contributed by atoms with E-state index in [9.17, 15) is 4.39 Å². The van der Waals surface area contributed by atoms with E-state index in [0.29, 0.717) is 22.3 Å². The van der Waals surface area contributed by atoms with Gasteiger partial charge in [-0.2, -0.15) is 0 Å². The van der Waals surface area contributed by atoms with Crippen LogP contribution in [0.1, 0.15) is 23.4 Å². The average Bonchev–Trinajstić information content (AvgIpc) is 2.77. The summed E-state index contributed by atoms with van der Waals surface area (Å²) in [5.74, 6) is -0.475. The summed E-state index contributed by atoms with van der Waals surface area (Å²) in [5, 5.41) is 4.23. The first kappa shape index (κ1) is 17.5. The van der Waals surface area contributed by atoms with E-state index in [-0.39, 0.29) is 23.5 Å². The second-order valence-corrected chi connectivity index (χ2v) is 6.02. The van der Waals surface area contributed by atoms with Crippen LogP contribution in [0.15, 0.2) is 18.3 Å². The fraction of sp³-hybridized carbons (Fsp3) is 0.250. The monoisotopic (exact) mass is 355 g/mol. The smallest absolute Gasteiger partial charge is 0.180 e. The van der Waals surface area contributed by atoms with Crippen molar-refractivity contribution < 1.29 is 4.39 Å². The van der Waals surface area contributed by atoms with Crippen LogP contribution in [-0.4, -0.2) is 4.98 Å². The molecule has 1 atom stereocenters. The molecule has 1 heterocycles. The van der Waals surface area contributed by atoms with Crippen LogP contribution in [0, 0.1) is 5.82 Å². The molecule has 0 aliphatic rings. The van der Waals surface area contributed by atoms with Crippen LogP contribution in [0.25, 0.3) is 0 Å². The van der Waals surface area contributed by atoms with Crippen molar-refractivity contribution in [2.75, 3.05) is 5.73 Å². The minimum Gasteiger partial charge on any atom is -0.375 e. The maximum absolute atomic E-state index is 13.4. The Kier molecular flexibility index (Phi) is 6.48. The highest BCUT2D eigenvalue weighted by molar-refractivity contribution is 7.15. The van der Waals surface area contributed by atoms with Crippen molar-refractivity contribution in [1.29, 1.82) is 0 Å². The Bertz CT molecular complexity index is 591. The maximum atomic E-state index is 13.4. The molecule has 0 fully saturated rings. The van der Waals surface area contributed by atoms with Crippen LogP contribution in [0.2, 0.25) is 10.0 Å². The number of anilines is 1. The zero-order chi connectivity index (χ0) is 14.0. The van der Waals surface area contributed by atoms with E-state index >= 15 is 0 Å². The van der Waals surface area contributed by atoms with Gasteiger partial charge in [-0.15, -0.1) is 23.7 Å². The number of nitrogen functional groups attached to an aromatic ring is 1. The van der Waals surface area contributed by atoms with Gasteiger partial charge in [0.2, 0.25) is 0 Å². The minimum atomic E-state index is -0.475. The van der Waals surface area contributed by atoms with E-state index in [4.69, 9.17) is 28.9 Å². The lowest BCUT2D eigenvalue weighted by atomic mass is 10.1. The van der Waals surface area contributed by atoms with Crippen LogP contribution in [0.5, 0.6) is 0 Å². The Morgan fingerprint density at radius 1 is 1.40 bits per heavy atom. The molecule has 20 heavy (non-hydrogen) atoms. The van der Waals surface area contributed by atoms with Crippen molar-refractivity contribution in [2.24, 2.45) is 0 Å². The van der Waals surface area contributed by atoms with Gasteiger partial charge < -0.3 is 11.1 Å². The molecule has 0 aliphatic heterocycles. The summed E-state index contributed by atoms with van der Waals surface area (Å²) in [4.78, 5) is 4.97. The van der Waals surface area contributed by atoms with E-state index in [1.807, 2.05) is 6.92 Å². The van der Waals surface area contributed by atoms with Gasteiger partial charge in [-0.25, -0.2) is 9.37 Å². The lowest BCUT2D eigenvalue weighted by molar-refractivity contribution is 0.568. The predicted octanol–water partition coefficient (Wildman–Crippen LogP) is 4.44. The third kappa shape index (κ3) is 4.20. The average molecular weight is 357 g/mol. The molecular weight excluding hydrogens is 344 g/mol. The SMILES string of the molecule is CC(NCc1cnc(N)s1)c1cc(F)c(Cl)cc1Cl.Cl. The van der Waals surface area contributed by atoms with Gasteiger partial charge in [0, 0.05) is 28.7 Å².